The van der Waals surface area contributed by atoms with E-state index < -0.39 is 14.8 Å². The molecular formula is C18H15N3O5S2. The molecular weight excluding hydrogens is 402 g/mol. The second-order valence-electron chi connectivity index (χ2n) is 5.72. The average molecular weight is 417 g/mol. The number of aryl methyl sites for hydroxylation is 1. The molecule has 0 unspecified atom stereocenters. The van der Waals surface area contributed by atoms with Gasteiger partial charge in [0, 0.05) is 28.9 Å². The number of nitro groups is 1. The first-order valence-corrected chi connectivity index (χ1v) is 10.6. The van der Waals surface area contributed by atoms with Crippen molar-refractivity contribution in [2.75, 3.05) is 5.75 Å². The van der Waals surface area contributed by atoms with E-state index in [1.165, 1.54) is 30.0 Å². The first kappa shape index (κ1) is 19.8. The summed E-state index contributed by atoms with van der Waals surface area (Å²) in [5.74, 6) is 0.704. The van der Waals surface area contributed by atoms with Crippen LogP contribution >= 0.6 is 11.8 Å². The maximum absolute atomic E-state index is 12.2. The van der Waals surface area contributed by atoms with Crippen molar-refractivity contribution >= 4 is 27.3 Å². The van der Waals surface area contributed by atoms with E-state index in [1.807, 2.05) is 31.2 Å². The van der Waals surface area contributed by atoms with E-state index >= 15 is 0 Å². The summed E-state index contributed by atoms with van der Waals surface area (Å²) in [6.45, 7) is 1.96. The quantitative estimate of drug-likeness (QED) is 0.321. The Hall–Kier alpha value is -2.98. The third-order valence-corrected chi connectivity index (χ3v) is 5.88. The molecule has 0 bridgehead atoms. The first-order valence-electron chi connectivity index (χ1n) is 8.04. The Kier molecular flexibility index (Phi) is 5.90. The molecule has 0 radical (unpaired) electrons. The molecule has 1 heterocycles. The van der Waals surface area contributed by atoms with Crippen molar-refractivity contribution in [2.24, 2.45) is 0 Å². The average Bonchev–Trinajstić information content (AvgIpc) is 3.14. The van der Waals surface area contributed by atoms with E-state index in [-0.39, 0.29) is 10.6 Å². The van der Waals surface area contributed by atoms with Crippen LogP contribution in [0.2, 0.25) is 0 Å². The lowest BCUT2D eigenvalue weighted by Crippen LogP contribution is -1.97. The van der Waals surface area contributed by atoms with Crippen molar-refractivity contribution in [3.8, 4) is 11.5 Å². The van der Waals surface area contributed by atoms with Crippen molar-refractivity contribution < 1.29 is 17.8 Å². The maximum Gasteiger partial charge on any atom is 0.277 e. The number of rotatable bonds is 7. The smallest absolute Gasteiger partial charge is 0.277 e. The molecule has 3 aromatic rings. The van der Waals surface area contributed by atoms with Crippen LogP contribution in [0.1, 0.15) is 5.56 Å². The van der Waals surface area contributed by atoms with E-state index in [0.717, 1.165) is 28.7 Å². The SMILES string of the molecule is Cc1cccc(-c2nnc(SC/C=C/S(=O)(=O)c3ccc([N+](=O)[O-])cc3)o2)c1. The summed E-state index contributed by atoms with van der Waals surface area (Å²) in [4.78, 5) is 10.0. The fourth-order valence-corrected chi connectivity index (χ4v) is 4.00. The number of hydrogen-bond acceptors (Lipinski definition) is 8. The van der Waals surface area contributed by atoms with Gasteiger partial charge in [-0.05, 0) is 31.2 Å². The van der Waals surface area contributed by atoms with Gasteiger partial charge < -0.3 is 4.42 Å². The van der Waals surface area contributed by atoms with Gasteiger partial charge in [-0.15, -0.1) is 10.2 Å². The number of benzene rings is 2. The van der Waals surface area contributed by atoms with Gasteiger partial charge in [-0.3, -0.25) is 10.1 Å². The van der Waals surface area contributed by atoms with E-state index in [1.54, 1.807) is 0 Å². The summed E-state index contributed by atoms with van der Waals surface area (Å²) in [6, 6.07) is 12.4. The van der Waals surface area contributed by atoms with Gasteiger partial charge in [0.1, 0.15) is 0 Å². The van der Waals surface area contributed by atoms with Crippen molar-refractivity contribution in [3.63, 3.8) is 0 Å². The first-order chi connectivity index (χ1) is 13.3. The van der Waals surface area contributed by atoms with Crippen LogP contribution in [-0.4, -0.2) is 29.3 Å². The molecule has 0 amide bonds. The Morgan fingerprint density at radius 2 is 1.93 bits per heavy atom. The predicted molar refractivity (Wildman–Crippen MR) is 105 cm³/mol. The Labute approximate surface area is 165 Å². The molecule has 0 saturated carbocycles. The molecule has 0 saturated heterocycles. The molecule has 0 N–H and O–H groups in total. The minimum absolute atomic E-state index is 0.0149. The van der Waals surface area contributed by atoms with Gasteiger partial charge in [-0.1, -0.05) is 35.5 Å². The molecule has 0 spiro atoms. The molecule has 0 aliphatic carbocycles. The topological polar surface area (TPSA) is 116 Å². The monoisotopic (exact) mass is 417 g/mol. The third kappa shape index (κ3) is 4.84. The summed E-state index contributed by atoms with van der Waals surface area (Å²) in [7, 11) is -3.68. The van der Waals surface area contributed by atoms with Gasteiger partial charge in [0.05, 0.1) is 9.82 Å². The lowest BCUT2D eigenvalue weighted by atomic mass is 10.1. The Balaban J connectivity index is 1.61. The van der Waals surface area contributed by atoms with Gasteiger partial charge in [0.2, 0.25) is 5.89 Å². The predicted octanol–water partition coefficient (Wildman–Crippen LogP) is 4.03. The van der Waals surface area contributed by atoms with E-state index in [9.17, 15) is 18.5 Å². The summed E-state index contributed by atoms with van der Waals surface area (Å²) >= 11 is 1.20. The van der Waals surface area contributed by atoms with Crippen LogP contribution in [0.3, 0.4) is 0 Å². The zero-order valence-corrected chi connectivity index (χ0v) is 16.3. The highest BCUT2D eigenvalue weighted by Gasteiger charge is 2.13. The van der Waals surface area contributed by atoms with Crippen molar-refractivity contribution in [3.05, 3.63) is 75.7 Å². The molecule has 0 aliphatic heterocycles. The van der Waals surface area contributed by atoms with Crippen LogP contribution in [0, 0.1) is 17.0 Å². The molecule has 144 valence electrons. The highest BCUT2D eigenvalue weighted by Crippen LogP contribution is 2.24. The number of nitro benzene ring substituents is 1. The molecule has 0 fully saturated rings. The highest BCUT2D eigenvalue weighted by molar-refractivity contribution is 7.99. The highest BCUT2D eigenvalue weighted by atomic mass is 32.2. The summed E-state index contributed by atoms with van der Waals surface area (Å²) in [5, 5.41) is 19.9. The number of hydrogen-bond donors (Lipinski definition) is 0. The van der Waals surface area contributed by atoms with Gasteiger partial charge in [0.25, 0.3) is 10.9 Å². The molecule has 10 heteroatoms. The normalized spacial score (nSPS) is 11.8. The maximum atomic E-state index is 12.2. The second kappa shape index (κ2) is 8.36. The zero-order valence-electron chi connectivity index (χ0n) is 14.7. The van der Waals surface area contributed by atoms with Crippen LogP contribution in [0.15, 0.2) is 74.6 Å². The van der Waals surface area contributed by atoms with Crippen LogP contribution in [0.5, 0.6) is 0 Å². The Bertz CT molecular complexity index is 1120. The van der Waals surface area contributed by atoms with Crippen molar-refractivity contribution in [2.45, 2.75) is 17.0 Å². The van der Waals surface area contributed by atoms with E-state index in [2.05, 4.69) is 10.2 Å². The molecule has 0 aliphatic rings. The van der Waals surface area contributed by atoms with Gasteiger partial charge in [-0.25, -0.2) is 8.42 Å². The summed E-state index contributed by atoms with van der Waals surface area (Å²) < 4.78 is 30.0. The molecule has 3 rings (SSSR count). The fraction of sp³-hybridized carbons (Fsp3) is 0.111. The Morgan fingerprint density at radius 1 is 1.18 bits per heavy atom. The third-order valence-electron chi connectivity index (χ3n) is 3.63. The summed E-state index contributed by atoms with van der Waals surface area (Å²) in [6.07, 6.45) is 1.46. The zero-order chi connectivity index (χ0) is 20.1. The van der Waals surface area contributed by atoms with Crippen molar-refractivity contribution in [1.82, 2.24) is 10.2 Å². The van der Waals surface area contributed by atoms with Gasteiger partial charge >= 0.3 is 0 Å². The molecule has 8 nitrogen and oxygen atoms in total. The van der Waals surface area contributed by atoms with Crippen LogP contribution in [0.4, 0.5) is 5.69 Å². The lowest BCUT2D eigenvalue weighted by Gasteiger charge is -1.98. The minimum atomic E-state index is -3.68. The Morgan fingerprint density at radius 3 is 2.61 bits per heavy atom. The number of sulfone groups is 1. The largest absolute Gasteiger partial charge is 0.411 e. The van der Waals surface area contributed by atoms with Crippen LogP contribution in [0.25, 0.3) is 11.5 Å². The number of thioether (sulfide) groups is 1. The number of aromatic nitrogens is 2. The fourth-order valence-electron chi connectivity index (χ4n) is 2.28. The van der Waals surface area contributed by atoms with E-state index in [4.69, 9.17) is 4.42 Å². The summed E-state index contributed by atoms with van der Waals surface area (Å²) in [5.41, 5.74) is 1.72. The van der Waals surface area contributed by atoms with Crippen LogP contribution < -0.4 is 0 Å². The lowest BCUT2D eigenvalue weighted by molar-refractivity contribution is -0.384. The molecule has 0 atom stereocenters. The number of nitrogens with zero attached hydrogens (tertiary/aromatic N) is 3. The standard InChI is InChI=1S/C18H15N3O5S2/c1-13-4-2-5-14(12-13)17-19-20-18(26-17)27-10-3-11-28(24,25)16-8-6-15(7-9-16)21(22)23/h2-9,11-12H,10H2,1H3/b11-3+. The molecule has 28 heavy (non-hydrogen) atoms. The molecule has 2 aromatic carbocycles. The van der Waals surface area contributed by atoms with Gasteiger partial charge in [-0.2, -0.15) is 0 Å². The number of non-ortho nitro benzene ring substituents is 1. The second-order valence-corrected chi connectivity index (χ2v) is 8.53. The van der Waals surface area contributed by atoms with E-state index in [0.29, 0.717) is 16.9 Å². The minimum Gasteiger partial charge on any atom is -0.411 e. The van der Waals surface area contributed by atoms with Crippen LogP contribution in [-0.2, 0) is 9.84 Å². The van der Waals surface area contributed by atoms with Crippen molar-refractivity contribution in [1.29, 1.82) is 0 Å². The van der Waals surface area contributed by atoms with Gasteiger partial charge in [0.15, 0.2) is 9.84 Å². The molecule has 1 aromatic heterocycles.